The summed E-state index contributed by atoms with van der Waals surface area (Å²) in [6.07, 6.45) is -0.287. The molecule has 3 N–H and O–H groups in total. The number of methoxy groups -OCH3 is 2. The molecule has 0 bridgehead atoms. The van der Waals surface area contributed by atoms with Gasteiger partial charge in [-0.05, 0) is 41.3 Å². The molecule has 0 aromatic heterocycles. The van der Waals surface area contributed by atoms with Gasteiger partial charge in [-0.15, -0.1) is 0 Å². The number of carbonyl (C=O) groups is 3. The third kappa shape index (κ3) is 5.00. The minimum absolute atomic E-state index is 0.0322. The lowest BCUT2D eigenvalue weighted by molar-refractivity contribution is -0.137. The van der Waals surface area contributed by atoms with Crippen LogP contribution in [-0.2, 0) is 34.1 Å². The Morgan fingerprint density at radius 2 is 1.88 bits per heavy atom. The number of benzene rings is 2. The number of aliphatic carboxylic acids is 1. The Balaban J connectivity index is 1.70. The maximum absolute atomic E-state index is 12.9. The van der Waals surface area contributed by atoms with Crippen LogP contribution in [0.1, 0.15) is 39.9 Å². The van der Waals surface area contributed by atoms with Crippen LogP contribution in [0.5, 0.6) is 11.5 Å². The van der Waals surface area contributed by atoms with Crippen molar-refractivity contribution in [1.29, 1.82) is 0 Å². The fourth-order valence-electron chi connectivity index (χ4n) is 3.77. The van der Waals surface area contributed by atoms with E-state index in [0.717, 1.165) is 16.7 Å². The van der Waals surface area contributed by atoms with Crippen LogP contribution in [0.3, 0.4) is 0 Å². The quantitative estimate of drug-likeness (QED) is 0.545. The first kappa shape index (κ1) is 23.1. The number of rotatable bonds is 11. The van der Waals surface area contributed by atoms with E-state index < -0.39 is 17.9 Å². The molecule has 2 aromatic rings. The second kappa shape index (κ2) is 10.1. The lowest BCUT2D eigenvalue weighted by atomic mass is 10.0. The van der Waals surface area contributed by atoms with Gasteiger partial charge in [0.2, 0.25) is 5.91 Å². The summed E-state index contributed by atoms with van der Waals surface area (Å²) in [5, 5.41) is 8.94. The van der Waals surface area contributed by atoms with Crippen LogP contribution in [0.25, 0.3) is 0 Å². The minimum Gasteiger partial charge on any atom is -0.493 e. The molecule has 0 fully saturated rings. The third-order valence-electron chi connectivity index (χ3n) is 5.40. The van der Waals surface area contributed by atoms with E-state index in [2.05, 4.69) is 0 Å². The number of nitrogens with zero attached hydrogens (tertiary/aromatic N) is 1. The average Bonchev–Trinajstić information content (AvgIpc) is 3.10. The lowest BCUT2D eigenvalue weighted by Gasteiger charge is -2.24. The molecule has 2 aromatic carbocycles. The summed E-state index contributed by atoms with van der Waals surface area (Å²) in [6, 6.07) is 9.83. The standard InChI is InChI=1S/C23H26N2O7/c1-30-19-8-6-14(10-20(19)31-2)12-32-13-15-4-3-5-16-17(15)11-25(23(16)29)18(22(24)28)7-9-21(26)27/h3-6,8,10,18H,7,9,11-13H2,1-2H3,(H2,24,28)(H,26,27). The molecule has 170 valence electrons. The molecule has 0 saturated heterocycles. The van der Waals surface area contributed by atoms with Gasteiger partial charge in [0.15, 0.2) is 11.5 Å². The Labute approximate surface area is 185 Å². The van der Waals surface area contributed by atoms with Gasteiger partial charge in [0, 0.05) is 18.5 Å². The second-order valence-corrected chi connectivity index (χ2v) is 7.41. The van der Waals surface area contributed by atoms with Crippen molar-refractivity contribution in [3.8, 4) is 11.5 Å². The van der Waals surface area contributed by atoms with Crippen LogP contribution in [0.15, 0.2) is 36.4 Å². The molecule has 1 atom stereocenters. The summed E-state index contributed by atoms with van der Waals surface area (Å²) in [5.74, 6) is -0.879. The van der Waals surface area contributed by atoms with E-state index in [9.17, 15) is 14.4 Å². The SMILES string of the molecule is COc1ccc(COCc2cccc3c2CN(C(CCC(=O)O)C(N)=O)C3=O)cc1OC. The number of carboxylic acids is 1. The zero-order chi connectivity index (χ0) is 23.3. The molecular weight excluding hydrogens is 416 g/mol. The average molecular weight is 442 g/mol. The number of nitrogens with two attached hydrogens (primary N) is 1. The summed E-state index contributed by atoms with van der Waals surface area (Å²) in [7, 11) is 3.13. The van der Waals surface area contributed by atoms with E-state index in [1.165, 1.54) is 4.90 Å². The lowest BCUT2D eigenvalue weighted by Crippen LogP contribution is -2.45. The van der Waals surface area contributed by atoms with Crippen molar-refractivity contribution in [2.24, 2.45) is 5.73 Å². The smallest absolute Gasteiger partial charge is 0.303 e. The number of hydrogen-bond donors (Lipinski definition) is 2. The van der Waals surface area contributed by atoms with Gasteiger partial charge in [0.25, 0.3) is 5.91 Å². The summed E-state index contributed by atoms with van der Waals surface area (Å²) in [5.41, 5.74) is 8.40. The largest absolute Gasteiger partial charge is 0.493 e. The zero-order valence-corrected chi connectivity index (χ0v) is 18.0. The van der Waals surface area contributed by atoms with Crippen LogP contribution in [0.2, 0.25) is 0 Å². The first-order valence-electron chi connectivity index (χ1n) is 10.1. The molecule has 1 aliphatic rings. The Morgan fingerprint density at radius 1 is 1.12 bits per heavy atom. The molecule has 0 spiro atoms. The maximum atomic E-state index is 12.9. The predicted molar refractivity (Wildman–Crippen MR) is 114 cm³/mol. The number of fused-ring (bicyclic) bond motifs is 1. The van der Waals surface area contributed by atoms with Crippen molar-refractivity contribution in [1.82, 2.24) is 4.90 Å². The van der Waals surface area contributed by atoms with Gasteiger partial charge in [-0.1, -0.05) is 18.2 Å². The second-order valence-electron chi connectivity index (χ2n) is 7.41. The molecule has 1 heterocycles. The van der Waals surface area contributed by atoms with Crippen LogP contribution in [0, 0.1) is 0 Å². The van der Waals surface area contributed by atoms with Gasteiger partial charge in [0.05, 0.1) is 27.4 Å². The van der Waals surface area contributed by atoms with Crippen molar-refractivity contribution in [3.05, 3.63) is 58.7 Å². The van der Waals surface area contributed by atoms with Gasteiger partial charge >= 0.3 is 5.97 Å². The Bertz CT molecular complexity index is 1020. The minimum atomic E-state index is -1.05. The molecule has 9 nitrogen and oxygen atoms in total. The number of hydrogen-bond acceptors (Lipinski definition) is 6. The molecule has 9 heteroatoms. The molecule has 2 amide bonds. The molecule has 3 rings (SSSR count). The highest BCUT2D eigenvalue weighted by Crippen LogP contribution is 2.30. The summed E-state index contributed by atoms with van der Waals surface area (Å²) < 4.78 is 16.4. The maximum Gasteiger partial charge on any atom is 0.303 e. The van der Waals surface area contributed by atoms with Gasteiger partial charge in [-0.3, -0.25) is 14.4 Å². The first-order chi connectivity index (χ1) is 15.3. The van der Waals surface area contributed by atoms with Crippen LogP contribution >= 0.6 is 0 Å². The van der Waals surface area contributed by atoms with Crippen molar-refractivity contribution >= 4 is 17.8 Å². The summed E-state index contributed by atoms with van der Waals surface area (Å²) in [4.78, 5) is 37.0. The van der Waals surface area contributed by atoms with Gasteiger partial charge in [-0.2, -0.15) is 0 Å². The molecule has 32 heavy (non-hydrogen) atoms. The fourth-order valence-corrected chi connectivity index (χ4v) is 3.77. The Hall–Kier alpha value is -3.59. The Kier molecular flexibility index (Phi) is 7.32. The van der Waals surface area contributed by atoms with Gasteiger partial charge < -0.3 is 30.0 Å². The fraction of sp³-hybridized carbons (Fsp3) is 0.348. The zero-order valence-electron chi connectivity index (χ0n) is 18.0. The van der Waals surface area contributed by atoms with Crippen molar-refractivity contribution in [2.45, 2.75) is 38.6 Å². The molecule has 0 aliphatic carbocycles. The third-order valence-corrected chi connectivity index (χ3v) is 5.40. The summed E-state index contributed by atoms with van der Waals surface area (Å²) in [6.45, 7) is 0.760. The van der Waals surface area contributed by atoms with E-state index in [1.807, 2.05) is 18.2 Å². The first-order valence-corrected chi connectivity index (χ1v) is 10.1. The highest BCUT2D eigenvalue weighted by molar-refractivity contribution is 6.01. The number of amides is 2. The van der Waals surface area contributed by atoms with Gasteiger partial charge in [0.1, 0.15) is 6.04 Å². The number of ether oxygens (including phenoxy) is 3. The van der Waals surface area contributed by atoms with E-state index in [-0.39, 0.29) is 31.9 Å². The molecule has 0 radical (unpaired) electrons. The highest BCUT2D eigenvalue weighted by Gasteiger charge is 2.36. The van der Waals surface area contributed by atoms with Crippen molar-refractivity contribution in [2.75, 3.05) is 14.2 Å². The van der Waals surface area contributed by atoms with E-state index >= 15 is 0 Å². The van der Waals surface area contributed by atoms with E-state index in [1.54, 1.807) is 32.4 Å². The van der Waals surface area contributed by atoms with Crippen molar-refractivity contribution in [3.63, 3.8) is 0 Å². The topological polar surface area (TPSA) is 128 Å². The Morgan fingerprint density at radius 3 is 2.53 bits per heavy atom. The van der Waals surface area contributed by atoms with Crippen LogP contribution < -0.4 is 15.2 Å². The van der Waals surface area contributed by atoms with Crippen LogP contribution in [0.4, 0.5) is 0 Å². The summed E-state index contributed by atoms with van der Waals surface area (Å²) >= 11 is 0. The number of carboxylic acid groups (broad SMARTS) is 1. The normalized spacial score (nSPS) is 13.6. The van der Waals surface area contributed by atoms with Crippen LogP contribution in [-0.4, -0.2) is 48.1 Å². The number of carbonyl (C=O) groups excluding carboxylic acids is 2. The molecule has 1 unspecified atom stereocenters. The molecule has 0 saturated carbocycles. The number of primary amides is 1. The van der Waals surface area contributed by atoms with E-state index in [4.69, 9.17) is 25.1 Å². The van der Waals surface area contributed by atoms with E-state index in [0.29, 0.717) is 23.7 Å². The monoisotopic (exact) mass is 442 g/mol. The highest BCUT2D eigenvalue weighted by atomic mass is 16.5. The molecule has 1 aliphatic heterocycles. The molecular formula is C23H26N2O7. The van der Waals surface area contributed by atoms with Gasteiger partial charge in [-0.25, -0.2) is 0 Å². The van der Waals surface area contributed by atoms with Crippen molar-refractivity contribution < 1.29 is 33.7 Å². The predicted octanol–water partition coefficient (Wildman–Crippen LogP) is 2.10.